The number of hydrogen-bond donors (Lipinski definition) is 2. The van der Waals surface area contributed by atoms with Crippen LogP contribution in [0.2, 0.25) is 0 Å². The summed E-state index contributed by atoms with van der Waals surface area (Å²) in [5.74, 6) is -0.102. The molecule has 1 aromatic rings. The summed E-state index contributed by atoms with van der Waals surface area (Å²) in [6.45, 7) is 2.54. The molecule has 0 radical (unpaired) electrons. The number of benzene rings is 1. The highest BCUT2D eigenvalue weighted by molar-refractivity contribution is 5.77. The van der Waals surface area contributed by atoms with E-state index in [4.69, 9.17) is 9.47 Å². The number of aryl methyl sites for hydroxylation is 1. The van der Waals surface area contributed by atoms with Crippen molar-refractivity contribution in [2.24, 2.45) is 0 Å². The fourth-order valence-corrected chi connectivity index (χ4v) is 2.28. The molecule has 1 aromatic carbocycles. The van der Waals surface area contributed by atoms with Crippen molar-refractivity contribution < 1.29 is 14.3 Å². The Kier molecular flexibility index (Phi) is 5.83. The van der Waals surface area contributed by atoms with Gasteiger partial charge in [0.25, 0.3) is 0 Å². The maximum Gasteiger partial charge on any atom is 0.246 e. The van der Waals surface area contributed by atoms with Gasteiger partial charge in [-0.1, -0.05) is 18.2 Å². The molecule has 2 rings (SSSR count). The number of ether oxygens (including phenoxy) is 2. The number of anilines is 1. The second kappa shape index (κ2) is 7.87. The zero-order valence-electron chi connectivity index (χ0n) is 11.9. The average molecular weight is 278 g/mol. The van der Waals surface area contributed by atoms with Crippen molar-refractivity contribution in [3.63, 3.8) is 0 Å². The monoisotopic (exact) mass is 278 g/mol. The first-order valence-corrected chi connectivity index (χ1v) is 6.99. The first-order valence-electron chi connectivity index (χ1n) is 6.99. The van der Waals surface area contributed by atoms with Gasteiger partial charge in [0.1, 0.15) is 6.61 Å². The van der Waals surface area contributed by atoms with Crippen LogP contribution >= 0.6 is 0 Å². The zero-order chi connectivity index (χ0) is 14.2. The number of carbonyl (C=O) groups is 1. The minimum Gasteiger partial charge on any atom is -0.385 e. The van der Waals surface area contributed by atoms with Crippen LogP contribution < -0.4 is 10.6 Å². The fourth-order valence-electron chi connectivity index (χ4n) is 2.28. The van der Waals surface area contributed by atoms with Gasteiger partial charge in [-0.25, -0.2) is 0 Å². The lowest BCUT2D eigenvalue weighted by molar-refractivity contribution is -0.126. The molecule has 5 nitrogen and oxygen atoms in total. The smallest absolute Gasteiger partial charge is 0.246 e. The van der Waals surface area contributed by atoms with Gasteiger partial charge in [0.05, 0.1) is 13.2 Å². The molecule has 0 fully saturated rings. The molecular formula is C15H22N2O3. The lowest BCUT2D eigenvalue weighted by Gasteiger charge is -2.21. The number of fused-ring (bicyclic) bond motifs is 1. The van der Waals surface area contributed by atoms with Gasteiger partial charge in [0, 0.05) is 25.9 Å². The third-order valence-electron chi connectivity index (χ3n) is 3.30. The first-order chi connectivity index (χ1) is 9.81. The molecule has 110 valence electrons. The molecule has 1 aliphatic rings. The van der Waals surface area contributed by atoms with Gasteiger partial charge in [-0.05, 0) is 24.0 Å². The van der Waals surface area contributed by atoms with E-state index >= 15 is 0 Å². The molecule has 0 aromatic heterocycles. The van der Waals surface area contributed by atoms with Crippen molar-refractivity contribution >= 4 is 11.6 Å². The summed E-state index contributed by atoms with van der Waals surface area (Å²) < 4.78 is 10.0. The van der Waals surface area contributed by atoms with Crippen LogP contribution in [0.15, 0.2) is 18.2 Å². The van der Waals surface area contributed by atoms with Crippen LogP contribution in [0.25, 0.3) is 0 Å². The Morgan fingerprint density at radius 3 is 3.15 bits per heavy atom. The van der Waals surface area contributed by atoms with E-state index in [9.17, 15) is 4.79 Å². The summed E-state index contributed by atoms with van der Waals surface area (Å²) in [6, 6.07) is 6.23. The van der Waals surface area contributed by atoms with E-state index in [0.29, 0.717) is 19.8 Å². The van der Waals surface area contributed by atoms with E-state index in [1.807, 2.05) is 12.1 Å². The van der Waals surface area contributed by atoms with Crippen LogP contribution in [0.1, 0.15) is 17.5 Å². The number of nitrogens with one attached hydrogen (secondary N) is 2. The predicted octanol–water partition coefficient (Wildman–Crippen LogP) is 1.32. The molecule has 1 heterocycles. The molecule has 1 aliphatic heterocycles. The maximum absolute atomic E-state index is 11.7. The van der Waals surface area contributed by atoms with Crippen LogP contribution in [-0.4, -0.2) is 39.4 Å². The van der Waals surface area contributed by atoms with Gasteiger partial charge in [-0.3, -0.25) is 4.79 Å². The van der Waals surface area contributed by atoms with Crippen molar-refractivity contribution in [1.82, 2.24) is 5.32 Å². The molecule has 0 aliphatic carbocycles. The molecule has 0 saturated heterocycles. The Labute approximate surface area is 119 Å². The number of carbonyl (C=O) groups excluding carboxylic acids is 1. The third kappa shape index (κ3) is 4.21. The number of rotatable bonds is 7. The number of para-hydroxylation sites is 1. The molecule has 0 bridgehead atoms. The molecule has 2 N–H and O–H groups in total. The van der Waals surface area contributed by atoms with Gasteiger partial charge in [-0.15, -0.1) is 0 Å². The van der Waals surface area contributed by atoms with Crippen LogP contribution in [0.5, 0.6) is 0 Å². The highest BCUT2D eigenvalue weighted by atomic mass is 16.5. The van der Waals surface area contributed by atoms with Crippen molar-refractivity contribution in [2.75, 3.05) is 38.8 Å². The topological polar surface area (TPSA) is 59.6 Å². The highest BCUT2D eigenvalue weighted by Gasteiger charge is 2.12. The van der Waals surface area contributed by atoms with Crippen LogP contribution in [0.3, 0.4) is 0 Å². The molecule has 5 heteroatoms. The van der Waals surface area contributed by atoms with Crippen molar-refractivity contribution in [3.8, 4) is 0 Å². The van der Waals surface area contributed by atoms with E-state index < -0.39 is 0 Å². The molecular weight excluding hydrogens is 256 g/mol. The van der Waals surface area contributed by atoms with E-state index in [1.54, 1.807) is 7.11 Å². The summed E-state index contributed by atoms with van der Waals surface area (Å²) in [6.07, 6.45) is 2.26. The quantitative estimate of drug-likeness (QED) is 0.739. The van der Waals surface area contributed by atoms with E-state index in [0.717, 1.165) is 24.9 Å². The lowest BCUT2D eigenvalue weighted by atomic mass is 9.99. The largest absolute Gasteiger partial charge is 0.385 e. The molecule has 20 heavy (non-hydrogen) atoms. The van der Waals surface area contributed by atoms with Gasteiger partial charge in [-0.2, -0.15) is 0 Å². The summed E-state index contributed by atoms with van der Waals surface area (Å²) in [5, 5.41) is 6.30. The normalized spacial score (nSPS) is 13.4. The molecule has 0 spiro atoms. The van der Waals surface area contributed by atoms with Crippen LogP contribution in [-0.2, 0) is 27.2 Å². The summed E-state index contributed by atoms with van der Waals surface area (Å²) in [7, 11) is 1.61. The van der Waals surface area contributed by atoms with Crippen molar-refractivity contribution in [2.45, 2.75) is 19.4 Å². The standard InChI is InChI=1S/C15H22N2O3/c1-19-8-9-20-11-14(18)17-10-13-5-2-4-12-6-3-7-16-15(12)13/h2,4-5,16H,3,6-11H2,1H3,(H,17,18). The van der Waals surface area contributed by atoms with E-state index in [1.165, 1.54) is 11.3 Å². The number of amides is 1. The lowest BCUT2D eigenvalue weighted by Crippen LogP contribution is -2.28. The predicted molar refractivity (Wildman–Crippen MR) is 77.8 cm³/mol. The maximum atomic E-state index is 11.7. The van der Waals surface area contributed by atoms with Crippen molar-refractivity contribution in [1.29, 1.82) is 0 Å². The fraction of sp³-hybridized carbons (Fsp3) is 0.533. The Bertz CT molecular complexity index is 449. The second-order valence-electron chi connectivity index (χ2n) is 4.80. The van der Waals surface area contributed by atoms with E-state index in [2.05, 4.69) is 16.7 Å². The summed E-state index contributed by atoms with van der Waals surface area (Å²) in [4.78, 5) is 11.7. The van der Waals surface area contributed by atoms with Gasteiger partial charge < -0.3 is 20.1 Å². The minimum absolute atomic E-state index is 0.0752. The van der Waals surface area contributed by atoms with E-state index in [-0.39, 0.29) is 12.5 Å². The Hall–Kier alpha value is -1.59. The third-order valence-corrected chi connectivity index (χ3v) is 3.30. The Morgan fingerprint density at radius 1 is 1.40 bits per heavy atom. The second-order valence-corrected chi connectivity index (χ2v) is 4.80. The highest BCUT2D eigenvalue weighted by Crippen LogP contribution is 2.25. The minimum atomic E-state index is -0.102. The first kappa shape index (κ1) is 14.8. The van der Waals surface area contributed by atoms with Gasteiger partial charge >= 0.3 is 0 Å². The van der Waals surface area contributed by atoms with Crippen LogP contribution in [0, 0.1) is 0 Å². The van der Waals surface area contributed by atoms with Crippen molar-refractivity contribution in [3.05, 3.63) is 29.3 Å². The number of hydrogen-bond acceptors (Lipinski definition) is 4. The average Bonchev–Trinajstić information content (AvgIpc) is 2.49. The summed E-state index contributed by atoms with van der Waals surface area (Å²) in [5.41, 5.74) is 3.64. The summed E-state index contributed by atoms with van der Waals surface area (Å²) >= 11 is 0. The number of methoxy groups -OCH3 is 1. The Balaban J connectivity index is 1.80. The molecule has 0 atom stereocenters. The molecule has 0 saturated carbocycles. The van der Waals surface area contributed by atoms with Gasteiger partial charge in [0.15, 0.2) is 0 Å². The zero-order valence-corrected chi connectivity index (χ0v) is 11.9. The Morgan fingerprint density at radius 2 is 2.30 bits per heavy atom. The molecule has 1 amide bonds. The van der Waals surface area contributed by atoms with Gasteiger partial charge in [0.2, 0.25) is 5.91 Å². The molecule has 0 unspecified atom stereocenters. The van der Waals surface area contributed by atoms with Crippen LogP contribution in [0.4, 0.5) is 5.69 Å². The SMILES string of the molecule is COCCOCC(=O)NCc1cccc2c1NCCC2.